The summed E-state index contributed by atoms with van der Waals surface area (Å²) in [4.78, 5) is 18.9. The number of anilines is 1. The Kier molecular flexibility index (Phi) is 5.87. The average Bonchev–Trinajstić information content (AvgIpc) is 3.37. The van der Waals surface area contributed by atoms with Crippen molar-refractivity contribution in [3.05, 3.63) is 52.9 Å². The minimum atomic E-state index is -0.181. The van der Waals surface area contributed by atoms with Crippen molar-refractivity contribution >= 4 is 23.2 Å². The smallest absolute Gasteiger partial charge is 0.232 e. The normalized spacial score (nSPS) is 16.3. The van der Waals surface area contributed by atoms with E-state index < -0.39 is 0 Å². The van der Waals surface area contributed by atoms with E-state index >= 15 is 0 Å². The van der Waals surface area contributed by atoms with Crippen LogP contribution in [-0.4, -0.2) is 35.8 Å². The number of ether oxygens (including phenoxy) is 2. The second-order valence-corrected chi connectivity index (χ2v) is 8.23. The van der Waals surface area contributed by atoms with Crippen LogP contribution < -0.4 is 14.4 Å². The van der Waals surface area contributed by atoms with E-state index in [1.54, 1.807) is 12.0 Å². The summed E-state index contributed by atoms with van der Waals surface area (Å²) < 4.78 is 16.7. The summed E-state index contributed by atoms with van der Waals surface area (Å²) in [5, 5.41) is 4.74. The molecule has 7 nitrogen and oxygen atoms in total. The Morgan fingerprint density at radius 2 is 2.00 bits per heavy atom. The van der Waals surface area contributed by atoms with Crippen LogP contribution in [0.4, 0.5) is 5.69 Å². The molecule has 0 radical (unpaired) electrons. The fraction of sp³-hybridized carbons (Fsp3) is 0.348. The molecule has 0 saturated carbocycles. The maximum Gasteiger partial charge on any atom is 0.232 e. The third-order valence-corrected chi connectivity index (χ3v) is 5.57. The molecule has 1 saturated heterocycles. The first kappa shape index (κ1) is 21.2. The van der Waals surface area contributed by atoms with E-state index in [4.69, 9.17) is 25.6 Å². The Labute approximate surface area is 185 Å². The van der Waals surface area contributed by atoms with Crippen molar-refractivity contribution in [3.8, 4) is 22.9 Å². The molecule has 3 aromatic rings. The Hall–Kier alpha value is -3.06. The molecule has 4 rings (SSSR count). The van der Waals surface area contributed by atoms with Crippen molar-refractivity contribution in [2.24, 2.45) is 0 Å². The van der Waals surface area contributed by atoms with Crippen LogP contribution in [0.2, 0.25) is 5.02 Å². The number of carbonyl (C=O) groups excluding carboxylic acids is 1. The van der Waals surface area contributed by atoms with Crippen molar-refractivity contribution in [2.75, 3.05) is 18.6 Å². The summed E-state index contributed by atoms with van der Waals surface area (Å²) in [6.07, 6.45) is 0.334. The van der Waals surface area contributed by atoms with E-state index in [0.29, 0.717) is 41.2 Å². The molecule has 1 aromatic heterocycles. The van der Waals surface area contributed by atoms with Gasteiger partial charge in [0.15, 0.2) is 11.5 Å². The van der Waals surface area contributed by atoms with Crippen LogP contribution in [0, 0.1) is 6.92 Å². The van der Waals surface area contributed by atoms with Gasteiger partial charge in [-0.25, -0.2) is 0 Å². The number of methoxy groups -OCH3 is 1. The third-order valence-electron chi connectivity index (χ3n) is 5.17. The van der Waals surface area contributed by atoms with Gasteiger partial charge < -0.3 is 18.9 Å². The summed E-state index contributed by atoms with van der Waals surface area (Å²) in [7, 11) is 1.59. The molecular weight excluding hydrogens is 418 g/mol. The molecule has 31 heavy (non-hydrogen) atoms. The minimum absolute atomic E-state index is 0.00141. The van der Waals surface area contributed by atoms with Gasteiger partial charge >= 0.3 is 0 Å². The zero-order valence-corrected chi connectivity index (χ0v) is 18.6. The molecule has 2 heterocycles. The number of amides is 1. The van der Waals surface area contributed by atoms with E-state index in [-0.39, 0.29) is 17.9 Å². The molecule has 0 bridgehead atoms. The maximum absolute atomic E-state index is 12.6. The van der Waals surface area contributed by atoms with Crippen molar-refractivity contribution in [1.82, 2.24) is 10.1 Å². The molecule has 1 fully saturated rings. The zero-order chi connectivity index (χ0) is 22.1. The van der Waals surface area contributed by atoms with Crippen molar-refractivity contribution in [3.63, 3.8) is 0 Å². The fourth-order valence-corrected chi connectivity index (χ4v) is 3.72. The van der Waals surface area contributed by atoms with Crippen molar-refractivity contribution in [1.29, 1.82) is 0 Å². The van der Waals surface area contributed by atoms with Crippen LogP contribution in [0.5, 0.6) is 11.5 Å². The maximum atomic E-state index is 12.6. The number of aryl methyl sites for hydroxylation is 1. The number of nitrogens with zero attached hydrogens (tertiary/aromatic N) is 3. The first-order chi connectivity index (χ1) is 14.9. The number of hydrogen-bond donors (Lipinski definition) is 0. The first-order valence-corrected chi connectivity index (χ1v) is 10.5. The molecule has 1 aliphatic heterocycles. The highest BCUT2D eigenvalue weighted by Gasteiger charge is 2.35. The molecule has 0 spiro atoms. The second kappa shape index (κ2) is 8.59. The molecule has 1 amide bonds. The van der Waals surface area contributed by atoms with E-state index in [9.17, 15) is 4.79 Å². The highest BCUT2D eigenvalue weighted by atomic mass is 35.5. The molecule has 1 unspecified atom stereocenters. The van der Waals surface area contributed by atoms with Gasteiger partial charge in [-0.05, 0) is 56.7 Å². The first-order valence-electron chi connectivity index (χ1n) is 10.1. The topological polar surface area (TPSA) is 77.7 Å². The van der Waals surface area contributed by atoms with E-state index in [0.717, 1.165) is 16.8 Å². The lowest BCUT2D eigenvalue weighted by Crippen LogP contribution is -2.24. The molecule has 2 aromatic carbocycles. The third kappa shape index (κ3) is 4.37. The molecule has 1 atom stereocenters. The molecule has 162 valence electrons. The van der Waals surface area contributed by atoms with Gasteiger partial charge in [-0.1, -0.05) is 22.8 Å². The van der Waals surface area contributed by atoms with Crippen LogP contribution in [0.25, 0.3) is 11.4 Å². The molecular formula is C23H24ClN3O4. The van der Waals surface area contributed by atoms with Crippen molar-refractivity contribution in [2.45, 2.75) is 39.2 Å². The number of benzene rings is 2. The van der Waals surface area contributed by atoms with E-state index in [2.05, 4.69) is 10.1 Å². The minimum Gasteiger partial charge on any atom is -0.493 e. The summed E-state index contributed by atoms with van der Waals surface area (Å²) in [5.74, 6) is 1.94. The Morgan fingerprint density at radius 1 is 1.19 bits per heavy atom. The predicted molar refractivity (Wildman–Crippen MR) is 118 cm³/mol. The summed E-state index contributed by atoms with van der Waals surface area (Å²) in [6.45, 7) is 6.30. The number of carbonyl (C=O) groups is 1. The monoisotopic (exact) mass is 441 g/mol. The Balaban J connectivity index is 1.54. The fourth-order valence-electron chi connectivity index (χ4n) is 3.55. The lowest BCUT2D eigenvalue weighted by molar-refractivity contribution is -0.117. The van der Waals surface area contributed by atoms with Crippen LogP contribution in [-0.2, 0) is 4.79 Å². The molecule has 0 N–H and O–H groups in total. The van der Waals surface area contributed by atoms with Gasteiger partial charge in [-0.3, -0.25) is 4.79 Å². The summed E-state index contributed by atoms with van der Waals surface area (Å²) in [6, 6.07) is 11.1. The number of hydrogen-bond acceptors (Lipinski definition) is 6. The molecule has 1 aliphatic rings. The summed E-state index contributed by atoms with van der Waals surface area (Å²) in [5.41, 5.74) is 2.48. The number of rotatable bonds is 6. The molecule has 0 aliphatic carbocycles. The van der Waals surface area contributed by atoms with Gasteiger partial charge in [0.25, 0.3) is 0 Å². The van der Waals surface area contributed by atoms with Gasteiger partial charge in [-0.2, -0.15) is 4.98 Å². The van der Waals surface area contributed by atoms with Gasteiger partial charge in [0.05, 0.1) is 19.1 Å². The van der Waals surface area contributed by atoms with Gasteiger partial charge in [-0.15, -0.1) is 0 Å². The standard InChI is InChI=1S/C23H24ClN3O4/c1-13(2)30-19-8-6-15(9-20(19)29-4)22-25-23(31-26-22)16-10-21(28)27(12-16)17-7-5-14(3)18(24)11-17/h5-9,11,13,16H,10,12H2,1-4H3. The highest BCUT2D eigenvalue weighted by molar-refractivity contribution is 6.31. The predicted octanol–water partition coefficient (Wildman–Crippen LogP) is 5.01. The zero-order valence-electron chi connectivity index (χ0n) is 17.9. The van der Waals surface area contributed by atoms with Crippen LogP contribution in [0.3, 0.4) is 0 Å². The largest absolute Gasteiger partial charge is 0.493 e. The van der Waals surface area contributed by atoms with E-state index in [1.165, 1.54) is 0 Å². The summed E-state index contributed by atoms with van der Waals surface area (Å²) >= 11 is 6.23. The Morgan fingerprint density at radius 3 is 2.71 bits per heavy atom. The van der Waals surface area contributed by atoms with Crippen LogP contribution in [0.15, 0.2) is 40.9 Å². The van der Waals surface area contributed by atoms with Crippen LogP contribution >= 0.6 is 11.6 Å². The van der Waals surface area contributed by atoms with Gasteiger partial charge in [0.2, 0.25) is 17.6 Å². The lowest BCUT2D eigenvalue weighted by Gasteiger charge is -2.17. The van der Waals surface area contributed by atoms with E-state index in [1.807, 2.05) is 57.2 Å². The quantitative estimate of drug-likeness (QED) is 0.534. The second-order valence-electron chi connectivity index (χ2n) is 7.83. The van der Waals surface area contributed by atoms with Gasteiger partial charge in [0.1, 0.15) is 0 Å². The SMILES string of the molecule is COc1cc(-c2noc(C3CC(=O)N(c4ccc(C)c(Cl)c4)C3)n2)ccc1OC(C)C. The Bertz CT molecular complexity index is 1110. The van der Waals surface area contributed by atoms with Crippen LogP contribution in [0.1, 0.15) is 37.6 Å². The number of aromatic nitrogens is 2. The van der Waals surface area contributed by atoms with Gasteiger partial charge in [0, 0.05) is 29.2 Å². The highest BCUT2D eigenvalue weighted by Crippen LogP contribution is 2.35. The van der Waals surface area contributed by atoms with Crippen molar-refractivity contribution < 1.29 is 18.8 Å². The lowest BCUT2D eigenvalue weighted by atomic mass is 10.1. The number of halogens is 1. The molecule has 8 heteroatoms. The average molecular weight is 442 g/mol.